The number of aliphatic hydroxyl groups is 1. The van der Waals surface area contributed by atoms with Crippen LogP contribution < -0.4 is 10.6 Å². The van der Waals surface area contributed by atoms with E-state index in [1.54, 1.807) is 0 Å². The molecule has 1 fully saturated rings. The van der Waals surface area contributed by atoms with Gasteiger partial charge in [-0.1, -0.05) is 6.92 Å². The Hall–Kier alpha value is -0.810. The van der Waals surface area contributed by atoms with E-state index in [2.05, 4.69) is 10.6 Å². The maximum Gasteiger partial charge on any atom is 0.407 e. The Balaban J connectivity index is 2.20. The summed E-state index contributed by atoms with van der Waals surface area (Å²) in [4.78, 5) is 11.7. The monoisotopic (exact) mass is 286 g/mol. The summed E-state index contributed by atoms with van der Waals surface area (Å²) in [5, 5.41) is 15.9. The van der Waals surface area contributed by atoms with Crippen LogP contribution in [0.3, 0.4) is 0 Å². The van der Waals surface area contributed by atoms with Crippen molar-refractivity contribution in [3.63, 3.8) is 0 Å². The zero-order valence-corrected chi connectivity index (χ0v) is 13.2. The third-order valence-electron chi connectivity index (χ3n) is 3.56. The molecule has 0 aliphatic heterocycles. The molecule has 0 aromatic rings. The van der Waals surface area contributed by atoms with Gasteiger partial charge in [-0.05, 0) is 52.9 Å². The predicted octanol–water partition coefficient (Wildman–Crippen LogP) is 2.18. The zero-order valence-electron chi connectivity index (χ0n) is 13.2. The molecule has 1 rings (SSSR count). The third kappa shape index (κ3) is 7.10. The Labute approximate surface area is 122 Å². The first-order valence-electron chi connectivity index (χ1n) is 7.71. The van der Waals surface area contributed by atoms with Crippen LogP contribution in [0.2, 0.25) is 0 Å². The van der Waals surface area contributed by atoms with Crippen molar-refractivity contribution >= 4 is 6.09 Å². The van der Waals surface area contributed by atoms with Crippen LogP contribution in [0.25, 0.3) is 0 Å². The van der Waals surface area contributed by atoms with Crippen molar-refractivity contribution in [2.24, 2.45) is 0 Å². The fourth-order valence-corrected chi connectivity index (χ4v) is 2.36. The maximum atomic E-state index is 11.7. The van der Waals surface area contributed by atoms with Crippen LogP contribution in [0, 0.1) is 0 Å². The number of carbonyl (C=O) groups is 1. The van der Waals surface area contributed by atoms with Crippen LogP contribution in [0.15, 0.2) is 0 Å². The molecule has 5 heteroatoms. The van der Waals surface area contributed by atoms with Gasteiger partial charge in [0.2, 0.25) is 0 Å². The highest BCUT2D eigenvalue weighted by atomic mass is 16.6. The van der Waals surface area contributed by atoms with E-state index < -0.39 is 5.60 Å². The molecule has 1 saturated carbocycles. The average molecular weight is 286 g/mol. The molecule has 20 heavy (non-hydrogen) atoms. The second kappa shape index (κ2) is 7.84. The van der Waals surface area contributed by atoms with Gasteiger partial charge in [-0.3, -0.25) is 0 Å². The Morgan fingerprint density at radius 3 is 2.30 bits per heavy atom. The first-order chi connectivity index (χ1) is 9.30. The molecule has 0 aromatic carbocycles. The molecule has 118 valence electrons. The van der Waals surface area contributed by atoms with Gasteiger partial charge in [-0.2, -0.15) is 0 Å². The van der Waals surface area contributed by atoms with Gasteiger partial charge in [-0.25, -0.2) is 4.79 Å². The molecule has 3 N–H and O–H groups in total. The van der Waals surface area contributed by atoms with E-state index in [1.807, 2.05) is 27.7 Å². The lowest BCUT2D eigenvalue weighted by Crippen LogP contribution is -2.45. The van der Waals surface area contributed by atoms with E-state index in [4.69, 9.17) is 4.74 Å². The lowest BCUT2D eigenvalue weighted by Gasteiger charge is -2.31. The van der Waals surface area contributed by atoms with Crippen molar-refractivity contribution in [2.45, 2.75) is 83.6 Å². The summed E-state index contributed by atoms with van der Waals surface area (Å²) < 4.78 is 5.26. The first kappa shape index (κ1) is 17.2. The fourth-order valence-electron chi connectivity index (χ4n) is 2.36. The van der Waals surface area contributed by atoms with Crippen LogP contribution in [0.4, 0.5) is 4.79 Å². The summed E-state index contributed by atoms with van der Waals surface area (Å²) in [5.41, 5.74) is -0.445. The first-order valence-corrected chi connectivity index (χ1v) is 7.71. The SMILES string of the molecule is CCC(O)CNC1CCC(NC(=O)OC(C)(C)C)CC1. The topological polar surface area (TPSA) is 70.6 Å². The smallest absolute Gasteiger partial charge is 0.407 e. The van der Waals surface area contributed by atoms with Gasteiger partial charge < -0.3 is 20.5 Å². The molecule has 0 radical (unpaired) electrons. The Morgan fingerprint density at radius 2 is 1.80 bits per heavy atom. The van der Waals surface area contributed by atoms with E-state index >= 15 is 0 Å². The number of amides is 1. The lowest BCUT2D eigenvalue weighted by atomic mass is 9.91. The molecule has 0 saturated heterocycles. The largest absolute Gasteiger partial charge is 0.444 e. The second-order valence-corrected chi connectivity index (χ2v) is 6.67. The Bertz CT molecular complexity index is 294. The number of nitrogens with one attached hydrogen (secondary N) is 2. The van der Waals surface area contributed by atoms with Crippen molar-refractivity contribution in [3.8, 4) is 0 Å². The van der Waals surface area contributed by atoms with E-state index in [-0.39, 0.29) is 18.2 Å². The quantitative estimate of drug-likeness (QED) is 0.724. The van der Waals surface area contributed by atoms with E-state index in [0.29, 0.717) is 12.6 Å². The molecule has 1 atom stereocenters. The van der Waals surface area contributed by atoms with E-state index in [0.717, 1.165) is 32.1 Å². The molecule has 0 heterocycles. The molecule has 0 bridgehead atoms. The minimum Gasteiger partial charge on any atom is -0.444 e. The van der Waals surface area contributed by atoms with Crippen molar-refractivity contribution in [3.05, 3.63) is 0 Å². The number of alkyl carbamates (subject to hydrolysis) is 1. The molecule has 5 nitrogen and oxygen atoms in total. The molecular formula is C15H30N2O3. The molecule has 1 aliphatic rings. The number of hydrogen-bond acceptors (Lipinski definition) is 4. The van der Waals surface area contributed by atoms with Gasteiger partial charge in [0, 0.05) is 18.6 Å². The van der Waals surface area contributed by atoms with Crippen molar-refractivity contribution in [2.75, 3.05) is 6.54 Å². The fraction of sp³-hybridized carbons (Fsp3) is 0.933. The van der Waals surface area contributed by atoms with Gasteiger partial charge in [0.25, 0.3) is 0 Å². The third-order valence-corrected chi connectivity index (χ3v) is 3.56. The number of rotatable bonds is 5. The molecule has 1 amide bonds. The number of ether oxygens (including phenoxy) is 1. The van der Waals surface area contributed by atoms with Crippen LogP contribution in [-0.2, 0) is 4.74 Å². The summed E-state index contributed by atoms with van der Waals surface area (Å²) in [6, 6.07) is 0.659. The molecule has 0 spiro atoms. The summed E-state index contributed by atoms with van der Waals surface area (Å²) >= 11 is 0. The zero-order chi connectivity index (χ0) is 15.2. The van der Waals surface area contributed by atoms with Crippen LogP contribution >= 0.6 is 0 Å². The predicted molar refractivity (Wildman–Crippen MR) is 79.7 cm³/mol. The van der Waals surface area contributed by atoms with E-state index in [9.17, 15) is 9.90 Å². The molecular weight excluding hydrogens is 256 g/mol. The molecule has 0 aromatic heterocycles. The van der Waals surface area contributed by atoms with Crippen molar-refractivity contribution < 1.29 is 14.6 Å². The molecule has 1 aliphatic carbocycles. The van der Waals surface area contributed by atoms with Crippen molar-refractivity contribution in [1.82, 2.24) is 10.6 Å². The lowest BCUT2D eigenvalue weighted by molar-refractivity contribution is 0.0489. The highest BCUT2D eigenvalue weighted by molar-refractivity contribution is 5.68. The summed E-state index contributed by atoms with van der Waals surface area (Å²) in [6.07, 6.45) is 4.16. The highest BCUT2D eigenvalue weighted by Crippen LogP contribution is 2.19. The van der Waals surface area contributed by atoms with Crippen LogP contribution in [0.5, 0.6) is 0 Å². The van der Waals surface area contributed by atoms with Crippen molar-refractivity contribution in [1.29, 1.82) is 0 Å². The Kier molecular flexibility index (Phi) is 6.76. The minimum absolute atomic E-state index is 0.207. The number of aliphatic hydroxyl groups excluding tert-OH is 1. The second-order valence-electron chi connectivity index (χ2n) is 6.67. The van der Waals surface area contributed by atoms with Gasteiger partial charge in [0.15, 0.2) is 0 Å². The van der Waals surface area contributed by atoms with Crippen LogP contribution in [-0.4, -0.2) is 41.5 Å². The average Bonchev–Trinajstić information content (AvgIpc) is 2.35. The summed E-state index contributed by atoms with van der Waals surface area (Å²) in [6.45, 7) is 8.24. The number of carbonyl (C=O) groups excluding carboxylic acids is 1. The van der Waals surface area contributed by atoms with Gasteiger partial charge in [0.1, 0.15) is 5.60 Å². The normalized spacial score (nSPS) is 25.1. The van der Waals surface area contributed by atoms with Crippen LogP contribution in [0.1, 0.15) is 59.8 Å². The van der Waals surface area contributed by atoms with Gasteiger partial charge >= 0.3 is 6.09 Å². The standard InChI is InChI=1S/C15H30N2O3/c1-5-13(18)10-16-11-6-8-12(9-7-11)17-14(19)20-15(2,3)4/h11-13,16,18H,5-10H2,1-4H3,(H,17,19). The van der Waals surface area contributed by atoms with Gasteiger partial charge in [0.05, 0.1) is 6.10 Å². The number of hydrogen-bond donors (Lipinski definition) is 3. The highest BCUT2D eigenvalue weighted by Gasteiger charge is 2.24. The minimum atomic E-state index is -0.445. The summed E-state index contributed by atoms with van der Waals surface area (Å²) in [7, 11) is 0. The maximum absolute atomic E-state index is 11.7. The van der Waals surface area contributed by atoms with Gasteiger partial charge in [-0.15, -0.1) is 0 Å². The van der Waals surface area contributed by atoms with E-state index in [1.165, 1.54) is 0 Å². The summed E-state index contributed by atoms with van der Waals surface area (Å²) in [5.74, 6) is 0. The molecule has 1 unspecified atom stereocenters. The Morgan fingerprint density at radius 1 is 1.25 bits per heavy atom.